The van der Waals surface area contributed by atoms with Crippen molar-refractivity contribution < 1.29 is 13.2 Å². The molecule has 2 aliphatic rings. The van der Waals surface area contributed by atoms with E-state index in [1.807, 2.05) is 38.1 Å². The Labute approximate surface area is 203 Å². The van der Waals surface area contributed by atoms with E-state index in [-0.39, 0.29) is 22.8 Å². The number of anilines is 2. The first kappa shape index (κ1) is 24.7. The molecule has 2 aromatic rings. The number of nitrogens with one attached hydrogen (secondary N) is 2. The van der Waals surface area contributed by atoms with E-state index in [2.05, 4.69) is 32.8 Å². The molecule has 0 bridgehead atoms. The van der Waals surface area contributed by atoms with Gasteiger partial charge in [-0.2, -0.15) is 0 Å². The van der Waals surface area contributed by atoms with Crippen molar-refractivity contribution in [2.24, 2.45) is 5.92 Å². The van der Waals surface area contributed by atoms with Crippen LogP contribution in [-0.2, 0) is 21.2 Å². The largest absolute Gasteiger partial charge is 0.368 e. The summed E-state index contributed by atoms with van der Waals surface area (Å²) in [6.07, 6.45) is 2.68. The van der Waals surface area contributed by atoms with Crippen molar-refractivity contribution in [2.45, 2.75) is 51.0 Å². The van der Waals surface area contributed by atoms with Gasteiger partial charge in [-0.1, -0.05) is 45.0 Å². The van der Waals surface area contributed by atoms with Crippen LogP contribution in [0, 0.1) is 5.92 Å². The van der Waals surface area contributed by atoms with E-state index in [9.17, 15) is 13.2 Å². The third-order valence-corrected chi connectivity index (χ3v) is 8.37. The highest BCUT2D eigenvalue weighted by Gasteiger charge is 2.30. The van der Waals surface area contributed by atoms with Crippen molar-refractivity contribution >= 4 is 27.3 Å². The predicted octanol–water partition coefficient (Wildman–Crippen LogP) is 3.78. The molecule has 1 atom stereocenters. The lowest BCUT2D eigenvalue weighted by molar-refractivity contribution is -0.118. The SMILES string of the molecule is CCN1CCN(c2ccc(NC(=O)C(C)C)cc2S(=O)(=O)N[C@@H]2CCCc3ccccc32)CC1. The van der Waals surface area contributed by atoms with Gasteiger partial charge in [-0.3, -0.25) is 4.79 Å². The Morgan fingerprint density at radius 3 is 2.53 bits per heavy atom. The number of aryl methyl sites for hydroxylation is 1. The highest BCUT2D eigenvalue weighted by atomic mass is 32.2. The Kier molecular flexibility index (Phi) is 7.60. The minimum absolute atomic E-state index is 0.137. The van der Waals surface area contributed by atoms with Crippen molar-refractivity contribution in [2.75, 3.05) is 42.9 Å². The van der Waals surface area contributed by atoms with E-state index in [4.69, 9.17) is 0 Å². The molecular weight excluding hydrogens is 448 g/mol. The van der Waals surface area contributed by atoms with Gasteiger partial charge in [-0.15, -0.1) is 0 Å². The van der Waals surface area contributed by atoms with Crippen LogP contribution in [0.4, 0.5) is 11.4 Å². The second kappa shape index (κ2) is 10.5. The molecule has 2 aromatic carbocycles. The highest BCUT2D eigenvalue weighted by Crippen LogP contribution is 2.34. The number of carbonyl (C=O) groups excluding carboxylic acids is 1. The Hall–Kier alpha value is -2.42. The van der Waals surface area contributed by atoms with Gasteiger partial charge in [0.1, 0.15) is 4.90 Å². The highest BCUT2D eigenvalue weighted by molar-refractivity contribution is 7.89. The zero-order valence-corrected chi connectivity index (χ0v) is 21.2. The van der Waals surface area contributed by atoms with Crippen LogP contribution in [0.1, 0.15) is 50.8 Å². The third kappa shape index (κ3) is 5.45. The minimum Gasteiger partial charge on any atom is -0.368 e. The van der Waals surface area contributed by atoms with Crippen LogP contribution >= 0.6 is 0 Å². The summed E-state index contributed by atoms with van der Waals surface area (Å²) in [6.45, 7) is 10.1. The standard InChI is InChI=1S/C26H36N4O3S/c1-4-29-14-16-30(17-15-29)24-13-12-21(27-26(31)19(2)3)18-25(24)34(32,33)28-23-11-7-9-20-8-5-6-10-22(20)23/h5-6,8,10,12-13,18-19,23,28H,4,7,9,11,14-17H2,1-3H3,(H,27,31)/t23-/m1/s1. The number of piperazine rings is 1. The lowest BCUT2D eigenvalue weighted by atomic mass is 9.88. The van der Waals surface area contributed by atoms with Crippen molar-refractivity contribution in [3.8, 4) is 0 Å². The van der Waals surface area contributed by atoms with Crippen LogP contribution in [-0.4, -0.2) is 51.9 Å². The maximum absolute atomic E-state index is 13.8. The van der Waals surface area contributed by atoms with Crippen LogP contribution in [0.3, 0.4) is 0 Å². The number of nitrogens with zero attached hydrogens (tertiary/aromatic N) is 2. The van der Waals surface area contributed by atoms with Gasteiger partial charge in [-0.25, -0.2) is 13.1 Å². The number of fused-ring (bicyclic) bond motifs is 1. The normalized spacial score (nSPS) is 19.2. The molecule has 0 radical (unpaired) electrons. The summed E-state index contributed by atoms with van der Waals surface area (Å²) in [5, 5.41) is 2.86. The first-order chi connectivity index (χ1) is 16.3. The molecule has 0 unspecified atom stereocenters. The van der Waals surface area contributed by atoms with E-state index >= 15 is 0 Å². The van der Waals surface area contributed by atoms with Crippen LogP contribution in [0.25, 0.3) is 0 Å². The molecule has 4 rings (SSSR count). The van der Waals surface area contributed by atoms with Gasteiger partial charge >= 0.3 is 0 Å². The Balaban J connectivity index is 1.67. The zero-order valence-electron chi connectivity index (χ0n) is 20.4. The second-order valence-corrected chi connectivity index (χ2v) is 11.2. The van der Waals surface area contributed by atoms with E-state index in [0.29, 0.717) is 11.4 Å². The molecule has 1 saturated heterocycles. The molecular formula is C26H36N4O3S. The van der Waals surface area contributed by atoms with Gasteiger partial charge in [0.2, 0.25) is 15.9 Å². The maximum Gasteiger partial charge on any atom is 0.243 e. The summed E-state index contributed by atoms with van der Waals surface area (Å²) in [5.41, 5.74) is 3.45. The van der Waals surface area contributed by atoms with Gasteiger partial charge in [0.15, 0.2) is 0 Å². The fourth-order valence-corrected chi connectivity index (χ4v) is 6.29. The van der Waals surface area contributed by atoms with Crippen LogP contribution in [0.5, 0.6) is 0 Å². The molecule has 34 heavy (non-hydrogen) atoms. The summed E-state index contributed by atoms with van der Waals surface area (Å²) >= 11 is 0. The number of rotatable bonds is 7. The molecule has 0 saturated carbocycles. The lowest BCUT2D eigenvalue weighted by Gasteiger charge is -2.36. The predicted molar refractivity (Wildman–Crippen MR) is 137 cm³/mol. The maximum atomic E-state index is 13.8. The smallest absolute Gasteiger partial charge is 0.243 e. The van der Waals surface area contributed by atoms with Crippen molar-refractivity contribution in [3.05, 3.63) is 53.6 Å². The fraction of sp³-hybridized carbons (Fsp3) is 0.500. The Bertz CT molecular complexity index is 1120. The van der Waals surface area contributed by atoms with Gasteiger partial charge in [0.25, 0.3) is 0 Å². The van der Waals surface area contributed by atoms with Crippen molar-refractivity contribution in [1.82, 2.24) is 9.62 Å². The number of carbonyl (C=O) groups is 1. The summed E-state index contributed by atoms with van der Waals surface area (Å²) in [6, 6.07) is 13.1. The molecule has 184 valence electrons. The number of likely N-dealkylation sites (N-methyl/N-ethyl adjacent to an activating group) is 1. The van der Waals surface area contributed by atoms with Crippen molar-refractivity contribution in [1.29, 1.82) is 0 Å². The summed E-state index contributed by atoms with van der Waals surface area (Å²) in [4.78, 5) is 17.0. The number of amides is 1. The van der Waals surface area contributed by atoms with Gasteiger partial charge in [-0.05, 0) is 55.1 Å². The first-order valence-corrected chi connectivity index (χ1v) is 13.8. The van der Waals surface area contributed by atoms with Gasteiger partial charge < -0.3 is 15.1 Å². The van der Waals surface area contributed by atoms with E-state index in [1.54, 1.807) is 12.1 Å². The van der Waals surface area contributed by atoms with E-state index in [1.165, 1.54) is 5.56 Å². The summed E-state index contributed by atoms with van der Waals surface area (Å²) in [5.74, 6) is -0.333. The molecule has 1 fully saturated rings. The van der Waals surface area contributed by atoms with E-state index < -0.39 is 10.0 Å². The molecule has 0 spiro atoms. The second-order valence-electron chi connectivity index (χ2n) is 9.51. The molecule has 8 heteroatoms. The topological polar surface area (TPSA) is 81.8 Å². The third-order valence-electron chi connectivity index (χ3n) is 6.87. The number of hydrogen-bond acceptors (Lipinski definition) is 5. The monoisotopic (exact) mass is 484 g/mol. The minimum atomic E-state index is -3.84. The Morgan fingerprint density at radius 2 is 1.82 bits per heavy atom. The van der Waals surface area contributed by atoms with Crippen LogP contribution in [0.15, 0.2) is 47.4 Å². The quantitative estimate of drug-likeness (QED) is 0.625. The molecule has 2 N–H and O–H groups in total. The molecule has 7 nitrogen and oxygen atoms in total. The average molecular weight is 485 g/mol. The van der Waals surface area contributed by atoms with Crippen LogP contribution in [0.2, 0.25) is 0 Å². The molecule has 0 aromatic heterocycles. The molecule has 1 amide bonds. The van der Waals surface area contributed by atoms with Crippen LogP contribution < -0.4 is 14.9 Å². The van der Waals surface area contributed by atoms with Gasteiger partial charge in [0, 0.05) is 43.8 Å². The zero-order chi connectivity index (χ0) is 24.3. The average Bonchev–Trinajstić information content (AvgIpc) is 2.84. The molecule has 1 heterocycles. The molecule has 1 aliphatic heterocycles. The molecule has 1 aliphatic carbocycles. The van der Waals surface area contributed by atoms with Crippen molar-refractivity contribution in [3.63, 3.8) is 0 Å². The van der Waals surface area contributed by atoms with E-state index in [0.717, 1.165) is 57.5 Å². The fourth-order valence-electron chi connectivity index (χ4n) is 4.79. The number of benzene rings is 2. The Morgan fingerprint density at radius 1 is 1.09 bits per heavy atom. The number of sulfonamides is 1. The number of hydrogen-bond donors (Lipinski definition) is 2. The summed E-state index contributed by atoms with van der Waals surface area (Å²) in [7, 11) is -3.84. The van der Waals surface area contributed by atoms with Gasteiger partial charge in [0.05, 0.1) is 5.69 Å². The summed E-state index contributed by atoms with van der Waals surface area (Å²) < 4.78 is 30.6. The first-order valence-electron chi connectivity index (χ1n) is 12.3. The lowest BCUT2D eigenvalue weighted by Crippen LogP contribution is -2.46.